The SMILES string of the molecule is Cc1ccccc1N(CC(=O)N1c2ccccc2C[C@H]1C)S(=O)(=O)c1ccccc1. The highest BCUT2D eigenvalue weighted by Crippen LogP contribution is 2.33. The van der Waals surface area contributed by atoms with Crippen LogP contribution in [0.4, 0.5) is 11.4 Å². The van der Waals surface area contributed by atoms with Crippen molar-refractivity contribution < 1.29 is 13.2 Å². The molecule has 1 heterocycles. The van der Waals surface area contributed by atoms with E-state index in [9.17, 15) is 13.2 Å². The molecule has 0 saturated carbocycles. The lowest BCUT2D eigenvalue weighted by atomic mass is 10.1. The number of carbonyl (C=O) groups is 1. The van der Waals surface area contributed by atoms with Crippen molar-refractivity contribution in [3.05, 3.63) is 90.0 Å². The second-order valence-electron chi connectivity index (χ2n) is 7.56. The maximum Gasteiger partial charge on any atom is 0.264 e. The molecule has 1 aliphatic rings. The number of amides is 1. The Hall–Kier alpha value is -3.12. The van der Waals surface area contributed by atoms with Gasteiger partial charge in [0, 0.05) is 11.7 Å². The van der Waals surface area contributed by atoms with Crippen LogP contribution in [0.25, 0.3) is 0 Å². The Labute approximate surface area is 177 Å². The van der Waals surface area contributed by atoms with Gasteiger partial charge in [0.05, 0.1) is 10.6 Å². The second kappa shape index (κ2) is 7.95. The molecule has 4 rings (SSSR count). The zero-order chi connectivity index (χ0) is 21.3. The van der Waals surface area contributed by atoms with E-state index >= 15 is 0 Å². The van der Waals surface area contributed by atoms with Crippen LogP contribution < -0.4 is 9.21 Å². The number of anilines is 2. The van der Waals surface area contributed by atoms with Crippen LogP contribution in [0.2, 0.25) is 0 Å². The summed E-state index contributed by atoms with van der Waals surface area (Å²) in [5, 5.41) is 0. The minimum absolute atomic E-state index is 0.0203. The van der Waals surface area contributed by atoms with E-state index in [1.807, 2.05) is 50.2 Å². The predicted octanol–water partition coefficient (Wildman–Crippen LogP) is 4.17. The third-order valence-electron chi connectivity index (χ3n) is 5.47. The predicted molar refractivity (Wildman–Crippen MR) is 119 cm³/mol. The maximum atomic E-state index is 13.5. The fraction of sp³-hybridized carbons (Fsp3) is 0.208. The van der Waals surface area contributed by atoms with E-state index in [1.54, 1.807) is 47.4 Å². The van der Waals surface area contributed by atoms with Crippen molar-refractivity contribution in [3.63, 3.8) is 0 Å². The average Bonchev–Trinajstić information content (AvgIpc) is 3.09. The molecule has 1 atom stereocenters. The van der Waals surface area contributed by atoms with Gasteiger partial charge in [0.2, 0.25) is 5.91 Å². The van der Waals surface area contributed by atoms with Gasteiger partial charge in [-0.25, -0.2) is 8.42 Å². The normalized spacial score (nSPS) is 15.7. The first-order valence-corrected chi connectivity index (χ1v) is 11.4. The number of aryl methyl sites for hydroxylation is 1. The van der Waals surface area contributed by atoms with Crippen LogP contribution in [0.3, 0.4) is 0 Å². The summed E-state index contributed by atoms with van der Waals surface area (Å²) in [5.41, 5.74) is 3.26. The van der Waals surface area contributed by atoms with Crippen molar-refractivity contribution in [2.75, 3.05) is 15.7 Å². The van der Waals surface area contributed by atoms with Crippen LogP contribution in [0.15, 0.2) is 83.8 Å². The van der Waals surface area contributed by atoms with E-state index in [4.69, 9.17) is 0 Å². The van der Waals surface area contributed by atoms with Gasteiger partial charge in [-0.3, -0.25) is 9.10 Å². The number of hydrogen-bond donors (Lipinski definition) is 0. The minimum Gasteiger partial charge on any atom is -0.307 e. The van der Waals surface area contributed by atoms with Crippen LogP contribution in [-0.4, -0.2) is 26.9 Å². The van der Waals surface area contributed by atoms with Gasteiger partial charge in [0.25, 0.3) is 10.0 Å². The third kappa shape index (κ3) is 3.59. The number of rotatable bonds is 5. The van der Waals surface area contributed by atoms with Gasteiger partial charge in [0.1, 0.15) is 6.54 Å². The number of nitrogens with zero attached hydrogens (tertiary/aromatic N) is 2. The molecule has 5 nitrogen and oxygen atoms in total. The van der Waals surface area contributed by atoms with Gasteiger partial charge < -0.3 is 4.90 Å². The highest BCUT2D eigenvalue weighted by molar-refractivity contribution is 7.92. The van der Waals surface area contributed by atoms with Gasteiger partial charge in [-0.1, -0.05) is 54.6 Å². The van der Waals surface area contributed by atoms with E-state index in [2.05, 4.69) is 0 Å². The molecule has 0 unspecified atom stereocenters. The topological polar surface area (TPSA) is 57.7 Å². The number of hydrogen-bond acceptors (Lipinski definition) is 3. The monoisotopic (exact) mass is 420 g/mol. The molecular weight excluding hydrogens is 396 g/mol. The van der Waals surface area contributed by atoms with Crippen molar-refractivity contribution >= 4 is 27.3 Å². The van der Waals surface area contributed by atoms with Gasteiger partial charge in [-0.05, 0) is 55.7 Å². The maximum absolute atomic E-state index is 13.5. The van der Waals surface area contributed by atoms with Crippen LogP contribution in [-0.2, 0) is 21.2 Å². The summed E-state index contributed by atoms with van der Waals surface area (Å²) in [6, 6.07) is 23.2. The Balaban J connectivity index is 1.75. The fourth-order valence-corrected chi connectivity index (χ4v) is 5.51. The van der Waals surface area contributed by atoms with Crippen LogP contribution in [0.1, 0.15) is 18.1 Å². The molecule has 0 radical (unpaired) electrons. The van der Waals surface area contributed by atoms with E-state index in [-0.39, 0.29) is 23.4 Å². The molecule has 1 amide bonds. The van der Waals surface area contributed by atoms with Crippen molar-refractivity contribution in [1.29, 1.82) is 0 Å². The first-order chi connectivity index (χ1) is 14.4. The van der Waals surface area contributed by atoms with Gasteiger partial charge in [-0.15, -0.1) is 0 Å². The molecule has 3 aromatic rings. The van der Waals surface area contributed by atoms with Crippen LogP contribution in [0, 0.1) is 6.92 Å². The zero-order valence-electron chi connectivity index (χ0n) is 17.0. The number of carbonyl (C=O) groups excluding carboxylic acids is 1. The van der Waals surface area contributed by atoms with E-state index in [0.29, 0.717) is 5.69 Å². The van der Waals surface area contributed by atoms with Crippen molar-refractivity contribution in [1.82, 2.24) is 0 Å². The summed E-state index contributed by atoms with van der Waals surface area (Å²) in [7, 11) is -3.91. The van der Waals surface area contributed by atoms with Crippen molar-refractivity contribution in [3.8, 4) is 0 Å². The molecule has 30 heavy (non-hydrogen) atoms. The molecule has 0 N–H and O–H groups in total. The summed E-state index contributed by atoms with van der Waals surface area (Å²) in [6.07, 6.45) is 0.762. The molecule has 1 aliphatic heterocycles. The molecule has 0 bridgehead atoms. The average molecular weight is 421 g/mol. The molecule has 0 aromatic heterocycles. The van der Waals surface area contributed by atoms with Gasteiger partial charge >= 0.3 is 0 Å². The lowest BCUT2D eigenvalue weighted by Crippen LogP contribution is -2.45. The number of sulfonamides is 1. The van der Waals surface area contributed by atoms with E-state index in [1.165, 1.54) is 4.31 Å². The van der Waals surface area contributed by atoms with E-state index < -0.39 is 10.0 Å². The molecule has 0 fully saturated rings. The smallest absolute Gasteiger partial charge is 0.264 e. The minimum atomic E-state index is -3.91. The number of para-hydroxylation sites is 2. The summed E-state index contributed by atoms with van der Waals surface area (Å²) in [6.45, 7) is 3.57. The Morgan fingerprint density at radius 1 is 0.967 bits per heavy atom. The Kier molecular flexibility index (Phi) is 5.35. The van der Waals surface area contributed by atoms with Crippen molar-refractivity contribution in [2.45, 2.75) is 31.2 Å². The molecule has 6 heteroatoms. The summed E-state index contributed by atoms with van der Waals surface area (Å²) in [4.78, 5) is 15.3. The number of benzene rings is 3. The number of fused-ring (bicyclic) bond motifs is 1. The van der Waals surface area contributed by atoms with Crippen LogP contribution in [0.5, 0.6) is 0 Å². The van der Waals surface area contributed by atoms with Gasteiger partial charge in [-0.2, -0.15) is 0 Å². The first-order valence-electron chi connectivity index (χ1n) is 9.93. The highest BCUT2D eigenvalue weighted by atomic mass is 32.2. The standard InChI is InChI=1S/C24H24N2O3S/c1-18-10-6-8-14-22(18)25(30(28,29)21-12-4-3-5-13-21)17-24(27)26-19(2)16-20-11-7-9-15-23(20)26/h3-15,19H,16-17H2,1-2H3/t19-/m1/s1. The molecule has 0 aliphatic carbocycles. The summed E-state index contributed by atoms with van der Waals surface area (Å²) >= 11 is 0. The lowest BCUT2D eigenvalue weighted by molar-refractivity contribution is -0.117. The molecule has 3 aromatic carbocycles. The third-order valence-corrected chi connectivity index (χ3v) is 7.24. The van der Waals surface area contributed by atoms with Gasteiger partial charge in [0.15, 0.2) is 0 Å². The molecule has 154 valence electrons. The fourth-order valence-electron chi connectivity index (χ4n) is 4.01. The largest absolute Gasteiger partial charge is 0.307 e. The highest BCUT2D eigenvalue weighted by Gasteiger charge is 2.35. The zero-order valence-corrected chi connectivity index (χ0v) is 17.8. The Morgan fingerprint density at radius 3 is 2.33 bits per heavy atom. The molecular formula is C24H24N2O3S. The van der Waals surface area contributed by atoms with Crippen LogP contribution >= 0.6 is 0 Å². The second-order valence-corrected chi connectivity index (χ2v) is 9.42. The quantitative estimate of drug-likeness (QED) is 0.623. The van der Waals surface area contributed by atoms with E-state index in [0.717, 1.165) is 23.2 Å². The Bertz CT molecular complexity index is 1180. The van der Waals surface area contributed by atoms with Crippen molar-refractivity contribution in [2.24, 2.45) is 0 Å². The Morgan fingerprint density at radius 2 is 1.60 bits per heavy atom. The molecule has 0 saturated heterocycles. The lowest BCUT2D eigenvalue weighted by Gasteiger charge is -2.29. The molecule has 0 spiro atoms. The summed E-state index contributed by atoms with van der Waals surface area (Å²) < 4.78 is 28.3. The first kappa shape index (κ1) is 20.2. The summed E-state index contributed by atoms with van der Waals surface area (Å²) in [5.74, 6) is -0.241.